The minimum atomic E-state index is -0.237. The molecule has 3 rings (SSSR count). The summed E-state index contributed by atoms with van der Waals surface area (Å²) in [4.78, 5) is 14.6. The molecule has 2 aromatic carbocycles. The van der Waals surface area contributed by atoms with Crippen LogP contribution in [0.3, 0.4) is 0 Å². The van der Waals surface area contributed by atoms with Crippen molar-refractivity contribution in [3.8, 4) is 0 Å². The molecule has 0 saturated carbocycles. The molecule has 1 heterocycles. The number of hydrogen-bond acceptors (Lipinski definition) is 6. The zero-order valence-corrected chi connectivity index (χ0v) is 18.3. The topological polar surface area (TPSA) is 75.4 Å². The van der Waals surface area contributed by atoms with Crippen molar-refractivity contribution in [3.63, 3.8) is 0 Å². The van der Waals surface area contributed by atoms with E-state index in [-0.39, 0.29) is 5.91 Å². The summed E-state index contributed by atoms with van der Waals surface area (Å²) in [6.45, 7) is 6.21. The van der Waals surface area contributed by atoms with Gasteiger partial charge in [0.25, 0.3) is 5.91 Å². The molecule has 0 saturated heterocycles. The molecule has 0 aliphatic rings. The minimum Gasteiger partial charge on any atom is -0.372 e. The first-order chi connectivity index (χ1) is 14.6. The summed E-state index contributed by atoms with van der Waals surface area (Å²) in [5.41, 5.74) is 6.37. The molecule has 0 aliphatic carbocycles. The summed E-state index contributed by atoms with van der Waals surface area (Å²) in [5.74, 6) is 0.523. The fourth-order valence-corrected chi connectivity index (χ4v) is 3.74. The number of carbonyl (C=O) groups excluding carboxylic acids is 1. The smallest absolute Gasteiger partial charge is 0.271 e. The highest BCUT2D eigenvalue weighted by atomic mass is 32.2. The van der Waals surface area contributed by atoms with Gasteiger partial charge in [-0.15, -0.1) is 10.2 Å². The summed E-state index contributed by atoms with van der Waals surface area (Å²) in [6.07, 6.45) is 3.32. The van der Waals surface area contributed by atoms with Crippen molar-refractivity contribution in [1.29, 1.82) is 0 Å². The number of thioether (sulfide) groups is 1. The number of anilines is 1. The van der Waals surface area contributed by atoms with Gasteiger partial charge in [-0.25, -0.2) is 5.43 Å². The molecular formula is C22H26N6OS. The molecule has 0 radical (unpaired) electrons. The van der Waals surface area contributed by atoms with Crippen molar-refractivity contribution >= 4 is 29.6 Å². The van der Waals surface area contributed by atoms with Crippen LogP contribution in [-0.4, -0.2) is 40.0 Å². The Labute approximate surface area is 181 Å². The summed E-state index contributed by atoms with van der Waals surface area (Å²) in [7, 11) is 1.91. The van der Waals surface area contributed by atoms with Crippen LogP contribution in [0.2, 0.25) is 0 Å². The molecule has 0 fully saturated rings. The van der Waals surface area contributed by atoms with Gasteiger partial charge in [0.05, 0.1) is 6.21 Å². The lowest BCUT2D eigenvalue weighted by molar-refractivity contribution is 0.0955. The second-order valence-electron chi connectivity index (χ2n) is 6.67. The Morgan fingerprint density at radius 3 is 2.43 bits per heavy atom. The van der Waals surface area contributed by atoms with Crippen LogP contribution in [-0.2, 0) is 12.8 Å². The summed E-state index contributed by atoms with van der Waals surface area (Å²) < 4.78 is 1.88. The summed E-state index contributed by atoms with van der Waals surface area (Å²) in [5, 5.41) is 12.8. The van der Waals surface area contributed by atoms with E-state index < -0.39 is 0 Å². The van der Waals surface area contributed by atoms with Gasteiger partial charge in [0.15, 0.2) is 5.16 Å². The molecule has 3 aromatic rings. The Morgan fingerprint density at radius 2 is 1.83 bits per heavy atom. The van der Waals surface area contributed by atoms with Crippen LogP contribution in [0, 0.1) is 0 Å². The van der Waals surface area contributed by atoms with Crippen molar-refractivity contribution < 1.29 is 4.79 Å². The zero-order chi connectivity index (χ0) is 21.3. The monoisotopic (exact) mass is 422 g/mol. The predicted molar refractivity (Wildman–Crippen MR) is 122 cm³/mol. The third-order valence-electron chi connectivity index (χ3n) is 4.66. The molecule has 0 spiro atoms. The number of amides is 1. The number of benzene rings is 2. The van der Waals surface area contributed by atoms with Crippen LogP contribution < -0.4 is 10.3 Å². The average Bonchev–Trinajstić information content (AvgIpc) is 3.19. The summed E-state index contributed by atoms with van der Waals surface area (Å²) >= 11 is 1.60. The first-order valence-corrected chi connectivity index (χ1v) is 10.8. The molecule has 0 atom stereocenters. The van der Waals surface area contributed by atoms with E-state index in [2.05, 4.69) is 51.6 Å². The van der Waals surface area contributed by atoms with Gasteiger partial charge in [-0.1, -0.05) is 36.0 Å². The number of aromatic nitrogens is 3. The van der Waals surface area contributed by atoms with Gasteiger partial charge in [0.1, 0.15) is 6.33 Å². The standard InChI is InChI=1S/C22H26N6OS/c1-4-28(5-2)20-12-8-17(9-13-20)14-23-25-21(29)19-10-6-18(7-11-19)15-30-22-26-24-16-27(22)3/h6-14,16H,4-5,15H2,1-3H3,(H,25,29)/b23-14+. The normalized spacial score (nSPS) is 11.0. The highest BCUT2D eigenvalue weighted by Gasteiger charge is 2.06. The van der Waals surface area contributed by atoms with Gasteiger partial charge in [0, 0.05) is 37.1 Å². The maximum Gasteiger partial charge on any atom is 0.271 e. The number of nitrogens with one attached hydrogen (secondary N) is 1. The Balaban J connectivity index is 1.51. The Kier molecular flexibility index (Phi) is 7.62. The van der Waals surface area contributed by atoms with E-state index in [1.165, 1.54) is 5.69 Å². The largest absolute Gasteiger partial charge is 0.372 e. The van der Waals surface area contributed by atoms with Gasteiger partial charge in [-0.3, -0.25) is 4.79 Å². The van der Waals surface area contributed by atoms with E-state index in [9.17, 15) is 4.79 Å². The highest BCUT2D eigenvalue weighted by Crippen LogP contribution is 2.20. The molecule has 156 valence electrons. The molecule has 30 heavy (non-hydrogen) atoms. The van der Waals surface area contributed by atoms with E-state index in [0.717, 1.165) is 35.1 Å². The van der Waals surface area contributed by atoms with E-state index in [1.54, 1.807) is 36.4 Å². The molecular weight excluding hydrogens is 396 g/mol. The first-order valence-electron chi connectivity index (χ1n) is 9.84. The predicted octanol–water partition coefficient (Wildman–Crippen LogP) is 3.72. The van der Waals surface area contributed by atoms with Crippen molar-refractivity contribution in [2.24, 2.45) is 12.1 Å². The lowest BCUT2D eigenvalue weighted by atomic mass is 10.1. The van der Waals surface area contributed by atoms with Crippen LogP contribution in [0.5, 0.6) is 0 Å². The highest BCUT2D eigenvalue weighted by molar-refractivity contribution is 7.98. The van der Waals surface area contributed by atoms with Crippen LogP contribution in [0.15, 0.2) is 65.1 Å². The lowest BCUT2D eigenvalue weighted by Crippen LogP contribution is -2.21. The number of nitrogens with zero attached hydrogens (tertiary/aromatic N) is 5. The fraction of sp³-hybridized carbons (Fsp3) is 0.273. The van der Waals surface area contributed by atoms with Gasteiger partial charge in [-0.05, 0) is 49.2 Å². The van der Waals surface area contributed by atoms with Crippen molar-refractivity contribution in [2.75, 3.05) is 18.0 Å². The SMILES string of the molecule is CCN(CC)c1ccc(/C=N/NC(=O)c2ccc(CSc3nncn3C)cc2)cc1. The number of aryl methyl sites for hydroxylation is 1. The van der Waals surface area contributed by atoms with Crippen LogP contribution in [0.1, 0.15) is 35.3 Å². The van der Waals surface area contributed by atoms with Gasteiger partial charge in [0.2, 0.25) is 0 Å². The minimum absolute atomic E-state index is 0.237. The number of carbonyl (C=O) groups is 1. The van der Waals surface area contributed by atoms with E-state index in [1.807, 2.05) is 35.9 Å². The van der Waals surface area contributed by atoms with Crippen LogP contribution in [0.4, 0.5) is 5.69 Å². The van der Waals surface area contributed by atoms with Gasteiger partial charge < -0.3 is 9.47 Å². The molecule has 8 heteroatoms. The number of hydrazone groups is 1. The molecule has 0 bridgehead atoms. The van der Waals surface area contributed by atoms with Crippen LogP contribution in [0.25, 0.3) is 0 Å². The molecule has 0 aliphatic heterocycles. The zero-order valence-electron chi connectivity index (χ0n) is 17.4. The molecule has 0 unspecified atom stereocenters. The third-order valence-corrected chi connectivity index (χ3v) is 5.76. The quantitative estimate of drug-likeness (QED) is 0.323. The molecule has 1 aromatic heterocycles. The maximum absolute atomic E-state index is 12.3. The van der Waals surface area contributed by atoms with E-state index >= 15 is 0 Å². The second kappa shape index (κ2) is 10.6. The Bertz CT molecular complexity index is 978. The van der Waals surface area contributed by atoms with E-state index in [4.69, 9.17) is 0 Å². The molecule has 1 N–H and O–H groups in total. The fourth-order valence-electron chi connectivity index (χ4n) is 2.89. The Morgan fingerprint density at radius 1 is 1.13 bits per heavy atom. The maximum atomic E-state index is 12.3. The Hall–Kier alpha value is -3.13. The van der Waals surface area contributed by atoms with Crippen molar-refractivity contribution in [1.82, 2.24) is 20.2 Å². The second-order valence-corrected chi connectivity index (χ2v) is 7.62. The molecule has 7 nitrogen and oxygen atoms in total. The molecule has 1 amide bonds. The average molecular weight is 423 g/mol. The number of hydrogen-bond donors (Lipinski definition) is 1. The van der Waals surface area contributed by atoms with E-state index in [0.29, 0.717) is 5.56 Å². The lowest BCUT2D eigenvalue weighted by Gasteiger charge is -2.20. The van der Waals surface area contributed by atoms with Crippen LogP contribution >= 0.6 is 11.8 Å². The van der Waals surface area contributed by atoms with Crippen molar-refractivity contribution in [3.05, 3.63) is 71.5 Å². The summed E-state index contributed by atoms with van der Waals surface area (Å²) in [6, 6.07) is 15.6. The number of rotatable bonds is 9. The third kappa shape index (κ3) is 5.70. The first kappa shape index (κ1) is 21.6. The van der Waals surface area contributed by atoms with Crippen molar-refractivity contribution in [2.45, 2.75) is 24.8 Å². The van der Waals surface area contributed by atoms with Gasteiger partial charge in [-0.2, -0.15) is 5.10 Å². The van der Waals surface area contributed by atoms with Gasteiger partial charge >= 0.3 is 0 Å².